The van der Waals surface area contributed by atoms with Crippen LogP contribution in [0.2, 0.25) is 0 Å². The summed E-state index contributed by atoms with van der Waals surface area (Å²) in [6.45, 7) is 2.72. The van der Waals surface area contributed by atoms with Crippen LogP contribution in [0.3, 0.4) is 0 Å². The fourth-order valence-electron chi connectivity index (χ4n) is 3.36. The molecule has 2 nitrogen and oxygen atoms in total. The van der Waals surface area contributed by atoms with Gasteiger partial charge in [0.25, 0.3) is 0 Å². The Morgan fingerprint density at radius 1 is 0.654 bits per heavy atom. The maximum absolute atomic E-state index is 9.13. The minimum atomic E-state index is 0.105. The smallest absolute Gasteiger partial charge is 0.133 e. The van der Waals surface area contributed by atoms with Crippen LogP contribution in [0.1, 0.15) is 82.3 Å². The largest absolute Gasteiger partial charge is 0.391 e. The van der Waals surface area contributed by atoms with E-state index in [9.17, 15) is 0 Å². The minimum Gasteiger partial charge on any atom is -0.391 e. The third-order valence-corrected chi connectivity index (χ3v) is 7.23. The van der Waals surface area contributed by atoms with Crippen molar-refractivity contribution in [3.05, 3.63) is 35.4 Å². The zero-order valence-electron chi connectivity index (χ0n) is 16.9. The first-order chi connectivity index (χ1) is 12.8. The van der Waals surface area contributed by atoms with Gasteiger partial charge < -0.3 is 10.2 Å². The second-order valence-electron chi connectivity index (χ2n) is 7.36. The highest BCUT2D eigenvalue weighted by molar-refractivity contribution is 7.96. The number of aryl methyl sites for hydroxylation is 1. The summed E-state index contributed by atoms with van der Waals surface area (Å²) >= 11 is 0. The predicted molar refractivity (Wildman–Crippen MR) is 117 cm³/mol. The van der Waals surface area contributed by atoms with Gasteiger partial charge in [0.05, 0.1) is 13.2 Å². The van der Waals surface area contributed by atoms with Gasteiger partial charge in [0.2, 0.25) is 0 Å². The van der Waals surface area contributed by atoms with Crippen LogP contribution in [0.25, 0.3) is 0 Å². The molecule has 0 aliphatic heterocycles. The van der Waals surface area contributed by atoms with Gasteiger partial charge in [-0.2, -0.15) is 0 Å². The Bertz CT molecular complexity index is 413. The molecule has 0 aromatic heterocycles. The highest BCUT2D eigenvalue weighted by Gasteiger charge is 2.17. The topological polar surface area (TPSA) is 40.5 Å². The van der Waals surface area contributed by atoms with Gasteiger partial charge in [0.1, 0.15) is 17.3 Å². The second kappa shape index (κ2) is 16.6. The zero-order chi connectivity index (χ0) is 18.9. The molecule has 1 rings (SSSR count). The summed E-state index contributed by atoms with van der Waals surface area (Å²) in [6, 6.07) is 9.01. The maximum atomic E-state index is 9.13. The van der Waals surface area contributed by atoms with Crippen molar-refractivity contribution >= 4 is 10.9 Å². The van der Waals surface area contributed by atoms with Crippen molar-refractivity contribution in [2.75, 3.05) is 24.7 Å². The highest BCUT2D eigenvalue weighted by Crippen LogP contribution is 2.15. The van der Waals surface area contributed by atoms with E-state index in [0.29, 0.717) is 0 Å². The molecule has 2 N–H and O–H groups in total. The molecule has 0 aliphatic rings. The van der Waals surface area contributed by atoms with Crippen molar-refractivity contribution in [1.82, 2.24) is 0 Å². The highest BCUT2D eigenvalue weighted by atomic mass is 32.2. The summed E-state index contributed by atoms with van der Waals surface area (Å²) in [5.74, 6) is 2.60. The molecule has 1 aromatic rings. The first-order valence-corrected chi connectivity index (χ1v) is 12.5. The standard InChI is InChI=1S/C23H41O2S/c1-2-3-4-5-6-7-8-9-10-11-12-22-13-15-23(16-14-22)21-26(19-17-24)20-18-25/h13-16,24-25H,2-12,17-21H2,1H3/q+1. The fourth-order valence-corrected chi connectivity index (χ4v) is 5.03. The van der Waals surface area contributed by atoms with E-state index < -0.39 is 0 Å². The van der Waals surface area contributed by atoms with Gasteiger partial charge in [-0.25, -0.2) is 0 Å². The van der Waals surface area contributed by atoms with Crippen molar-refractivity contribution in [2.24, 2.45) is 0 Å². The molecule has 0 radical (unpaired) electrons. The van der Waals surface area contributed by atoms with E-state index in [4.69, 9.17) is 10.2 Å². The average Bonchev–Trinajstić information content (AvgIpc) is 2.65. The third kappa shape index (κ3) is 12.0. The normalized spacial score (nSPS) is 11.4. The van der Waals surface area contributed by atoms with E-state index in [0.717, 1.165) is 17.3 Å². The molecule has 0 amide bonds. The van der Waals surface area contributed by atoms with Crippen LogP contribution in [-0.4, -0.2) is 34.9 Å². The van der Waals surface area contributed by atoms with E-state index in [-0.39, 0.29) is 24.1 Å². The first kappa shape index (κ1) is 23.5. The van der Waals surface area contributed by atoms with Gasteiger partial charge in [0.15, 0.2) is 0 Å². The minimum absolute atomic E-state index is 0.105. The molecule has 0 atom stereocenters. The summed E-state index contributed by atoms with van der Waals surface area (Å²) in [5, 5.41) is 18.3. The molecule has 0 saturated heterocycles. The van der Waals surface area contributed by atoms with Crippen molar-refractivity contribution in [3.63, 3.8) is 0 Å². The lowest BCUT2D eigenvalue weighted by Gasteiger charge is -2.08. The zero-order valence-corrected chi connectivity index (χ0v) is 17.7. The lowest BCUT2D eigenvalue weighted by atomic mass is 10.0. The van der Waals surface area contributed by atoms with Crippen molar-refractivity contribution in [1.29, 1.82) is 0 Å². The van der Waals surface area contributed by atoms with Gasteiger partial charge in [-0.15, -0.1) is 0 Å². The Morgan fingerprint density at radius 2 is 1.12 bits per heavy atom. The molecule has 0 spiro atoms. The maximum Gasteiger partial charge on any atom is 0.133 e. The van der Waals surface area contributed by atoms with E-state index in [1.807, 2.05) is 0 Å². The van der Waals surface area contributed by atoms with E-state index in [1.165, 1.54) is 81.8 Å². The molecule has 0 fully saturated rings. The number of benzene rings is 1. The molecule has 1 aromatic carbocycles. The van der Waals surface area contributed by atoms with Crippen LogP contribution in [0.4, 0.5) is 0 Å². The third-order valence-electron chi connectivity index (χ3n) is 4.97. The number of unbranched alkanes of at least 4 members (excludes halogenated alkanes) is 9. The van der Waals surface area contributed by atoms with Crippen LogP contribution in [-0.2, 0) is 23.1 Å². The van der Waals surface area contributed by atoms with Gasteiger partial charge in [-0.3, -0.25) is 0 Å². The monoisotopic (exact) mass is 381 g/mol. The second-order valence-corrected chi connectivity index (χ2v) is 9.69. The van der Waals surface area contributed by atoms with Crippen molar-refractivity contribution in [3.8, 4) is 0 Å². The molecular formula is C23H41O2S+. The molecule has 0 aliphatic carbocycles. The number of hydrogen-bond donors (Lipinski definition) is 2. The van der Waals surface area contributed by atoms with Gasteiger partial charge >= 0.3 is 0 Å². The van der Waals surface area contributed by atoms with Crippen LogP contribution in [0, 0.1) is 0 Å². The summed E-state index contributed by atoms with van der Waals surface area (Å²) in [7, 11) is 0.105. The first-order valence-electron chi connectivity index (χ1n) is 10.7. The SMILES string of the molecule is CCCCCCCCCCCCc1ccc(C[S+](CCO)CCO)cc1. The summed E-state index contributed by atoms with van der Waals surface area (Å²) in [4.78, 5) is 0. The Hall–Kier alpha value is -0.510. The molecule has 150 valence electrons. The lowest BCUT2D eigenvalue weighted by molar-refractivity contribution is 0.316. The molecule has 0 saturated carbocycles. The molecule has 0 unspecified atom stereocenters. The summed E-state index contributed by atoms with van der Waals surface area (Å²) in [5.41, 5.74) is 2.78. The fraction of sp³-hybridized carbons (Fsp3) is 0.739. The van der Waals surface area contributed by atoms with Crippen LogP contribution < -0.4 is 0 Å². The van der Waals surface area contributed by atoms with Crippen molar-refractivity contribution < 1.29 is 10.2 Å². The van der Waals surface area contributed by atoms with Crippen LogP contribution >= 0.6 is 0 Å². The van der Waals surface area contributed by atoms with Crippen molar-refractivity contribution in [2.45, 2.75) is 83.3 Å². The molecule has 26 heavy (non-hydrogen) atoms. The predicted octanol–water partition coefficient (Wildman–Crippen LogP) is 5.25. The Kier molecular flexibility index (Phi) is 15.1. The number of hydrogen-bond acceptors (Lipinski definition) is 2. The number of rotatable bonds is 17. The average molecular weight is 382 g/mol. The van der Waals surface area contributed by atoms with Crippen LogP contribution in [0.5, 0.6) is 0 Å². The summed E-state index contributed by atoms with van der Waals surface area (Å²) in [6.07, 6.45) is 15.1. The molecule has 0 heterocycles. The quantitative estimate of drug-likeness (QED) is 0.286. The lowest BCUT2D eigenvalue weighted by Crippen LogP contribution is -2.19. The van der Waals surface area contributed by atoms with Crippen LogP contribution in [0.15, 0.2) is 24.3 Å². The molecule has 3 heteroatoms. The molecule has 0 bridgehead atoms. The Morgan fingerprint density at radius 3 is 1.62 bits per heavy atom. The van der Waals surface area contributed by atoms with E-state index >= 15 is 0 Å². The van der Waals surface area contributed by atoms with Gasteiger partial charge in [0, 0.05) is 5.56 Å². The Labute approximate surface area is 164 Å². The Balaban J connectivity index is 2.11. The number of aliphatic hydroxyl groups is 2. The van der Waals surface area contributed by atoms with E-state index in [1.54, 1.807) is 0 Å². The van der Waals surface area contributed by atoms with Gasteiger partial charge in [-0.05, 0) is 29.3 Å². The van der Waals surface area contributed by atoms with Gasteiger partial charge in [-0.1, -0.05) is 89.0 Å². The molecular weight excluding hydrogens is 340 g/mol. The number of aliphatic hydroxyl groups excluding tert-OH is 2. The van der Waals surface area contributed by atoms with E-state index in [2.05, 4.69) is 31.2 Å². The summed E-state index contributed by atoms with van der Waals surface area (Å²) < 4.78 is 0.